The van der Waals surface area contributed by atoms with Gasteiger partial charge >= 0.3 is 0 Å². The summed E-state index contributed by atoms with van der Waals surface area (Å²) in [6.45, 7) is 0. The first-order chi connectivity index (χ1) is 13.5. The van der Waals surface area contributed by atoms with Gasteiger partial charge in [-0.3, -0.25) is 4.55 Å². The molecule has 10 heteroatoms. The number of phenols is 2. The first-order valence-electron chi connectivity index (χ1n) is 7.89. The second-order valence-electron chi connectivity index (χ2n) is 6.09. The Balaban J connectivity index is 2.65. The molecule has 29 heavy (non-hydrogen) atoms. The van der Waals surface area contributed by atoms with Crippen LogP contribution in [0.1, 0.15) is 16.7 Å². The van der Waals surface area contributed by atoms with Crippen molar-refractivity contribution >= 4 is 56.5 Å². The molecule has 3 aromatic carbocycles. The van der Waals surface area contributed by atoms with Gasteiger partial charge in [0.05, 0.1) is 10.0 Å². The van der Waals surface area contributed by atoms with Crippen molar-refractivity contribution in [1.82, 2.24) is 0 Å². The first-order valence-corrected chi connectivity index (χ1v) is 10.8. The molecule has 0 aliphatic carbocycles. The summed E-state index contributed by atoms with van der Waals surface area (Å²) in [4.78, 5) is 0. The van der Waals surface area contributed by atoms with E-state index >= 15 is 0 Å². The van der Waals surface area contributed by atoms with Gasteiger partial charge < -0.3 is 10.2 Å². The van der Waals surface area contributed by atoms with Crippen molar-refractivity contribution in [3.8, 4) is 11.5 Å². The van der Waals surface area contributed by atoms with Gasteiger partial charge in [-0.15, -0.1) is 0 Å². The Hall–Kier alpha value is -1.67. The number of para-hydroxylation sites is 2. The Kier molecular flexibility index (Phi) is 5.98. The van der Waals surface area contributed by atoms with E-state index in [4.69, 9.17) is 46.4 Å². The van der Waals surface area contributed by atoms with Crippen LogP contribution in [0.5, 0.6) is 11.5 Å². The summed E-state index contributed by atoms with van der Waals surface area (Å²) in [6, 6.07) is 11.7. The minimum atomic E-state index is -5.15. The lowest BCUT2D eigenvalue weighted by atomic mass is 9.83. The van der Waals surface area contributed by atoms with E-state index in [1.165, 1.54) is 54.6 Å². The highest BCUT2D eigenvalue weighted by atomic mass is 35.5. The fourth-order valence-corrected chi connectivity index (χ4v) is 5.41. The summed E-state index contributed by atoms with van der Waals surface area (Å²) in [6.07, 6.45) is 0. The van der Waals surface area contributed by atoms with E-state index in [0.717, 1.165) is 0 Å². The molecule has 0 aliphatic rings. The number of aromatic hydroxyl groups is 2. The van der Waals surface area contributed by atoms with E-state index in [9.17, 15) is 23.2 Å². The maximum Gasteiger partial charge on any atom is 0.283 e. The Morgan fingerprint density at radius 2 is 1.14 bits per heavy atom. The average Bonchev–Trinajstić information content (AvgIpc) is 2.60. The highest BCUT2D eigenvalue weighted by molar-refractivity contribution is 7.87. The highest BCUT2D eigenvalue weighted by Crippen LogP contribution is 2.52. The van der Waals surface area contributed by atoms with Crippen LogP contribution < -0.4 is 0 Å². The molecule has 3 N–H and O–H groups in total. The Labute approximate surface area is 186 Å². The zero-order valence-corrected chi connectivity index (χ0v) is 18.1. The summed E-state index contributed by atoms with van der Waals surface area (Å²) < 4.78 is 33.9. The normalized spacial score (nSPS) is 12.2. The predicted molar refractivity (Wildman–Crippen MR) is 114 cm³/mol. The van der Waals surface area contributed by atoms with Gasteiger partial charge in [-0.1, -0.05) is 70.7 Å². The number of hydrogen-bond acceptors (Lipinski definition) is 4. The van der Waals surface area contributed by atoms with Gasteiger partial charge in [0.1, 0.15) is 11.5 Å². The molecule has 0 atom stereocenters. The molecule has 5 nitrogen and oxygen atoms in total. The molecule has 0 fully saturated rings. The topological polar surface area (TPSA) is 94.8 Å². The number of benzene rings is 3. The molecule has 0 heterocycles. The third-order valence-corrected chi connectivity index (χ3v) is 6.88. The molecular weight excluding hydrogens is 482 g/mol. The van der Waals surface area contributed by atoms with Crippen LogP contribution in [0.25, 0.3) is 0 Å². The van der Waals surface area contributed by atoms with Crippen molar-refractivity contribution in [1.29, 1.82) is 0 Å². The summed E-state index contributed by atoms with van der Waals surface area (Å²) in [7, 11) is -5.15. The molecule has 0 aromatic heterocycles. The quantitative estimate of drug-likeness (QED) is 0.311. The second kappa shape index (κ2) is 7.87. The lowest BCUT2D eigenvalue weighted by Gasteiger charge is -2.34. The second-order valence-corrected chi connectivity index (χ2v) is 9.34. The molecule has 0 aliphatic heterocycles. The molecule has 0 bridgehead atoms. The number of halogens is 4. The first kappa shape index (κ1) is 22.0. The Morgan fingerprint density at radius 3 is 1.52 bits per heavy atom. The molecule has 3 aromatic rings. The maximum atomic E-state index is 13.0. The van der Waals surface area contributed by atoms with Crippen molar-refractivity contribution in [3.05, 3.63) is 91.4 Å². The van der Waals surface area contributed by atoms with Gasteiger partial charge in [0.25, 0.3) is 10.1 Å². The fraction of sp³-hybridized carbons (Fsp3) is 0.0526. The molecule has 0 saturated heterocycles. The summed E-state index contributed by atoms with van der Waals surface area (Å²) in [5.74, 6) is -1.25. The minimum Gasteiger partial charge on any atom is -0.506 e. The highest BCUT2D eigenvalue weighted by Gasteiger charge is 2.52. The van der Waals surface area contributed by atoms with Crippen molar-refractivity contribution < 1.29 is 23.2 Å². The largest absolute Gasteiger partial charge is 0.506 e. The molecule has 152 valence electrons. The standard InChI is InChI=1S/C19H12Cl4O5S/c20-11-7-10(8-12(21)9-11)19(29(26,27)28,13-3-1-5-15(22)17(13)24)14-4-2-6-16(23)18(14)25/h1-9,24-25H,(H,26,27,28). The maximum absolute atomic E-state index is 13.0. The molecule has 3 rings (SSSR count). The third kappa shape index (κ3) is 3.65. The third-order valence-electron chi connectivity index (χ3n) is 4.39. The zero-order chi connectivity index (χ0) is 21.6. The van der Waals surface area contributed by atoms with Crippen LogP contribution in [-0.2, 0) is 14.9 Å². The summed E-state index contributed by atoms with van der Waals surface area (Å²) >= 11 is 24.2. The van der Waals surface area contributed by atoms with Crippen LogP contribution in [-0.4, -0.2) is 23.2 Å². The van der Waals surface area contributed by atoms with E-state index in [1.54, 1.807) is 0 Å². The molecular formula is C19H12Cl4O5S. The van der Waals surface area contributed by atoms with Gasteiger partial charge in [0, 0.05) is 21.2 Å². The predicted octanol–water partition coefficient (Wildman–Crippen LogP) is 5.89. The van der Waals surface area contributed by atoms with E-state index in [2.05, 4.69) is 0 Å². The lowest BCUT2D eigenvalue weighted by Crippen LogP contribution is -2.38. The van der Waals surface area contributed by atoms with Crippen molar-refractivity contribution in [3.63, 3.8) is 0 Å². The summed E-state index contributed by atoms with van der Waals surface area (Å²) in [5, 5.41) is 21.0. The van der Waals surface area contributed by atoms with E-state index in [-0.39, 0.29) is 36.8 Å². The van der Waals surface area contributed by atoms with Crippen LogP contribution in [0.4, 0.5) is 0 Å². The fourth-order valence-electron chi connectivity index (χ4n) is 3.24. The van der Waals surface area contributed by atoms with Crippen LogP contribution in [0, 0.1) is 0 Å². The van der Waals surface area contributed by atoms with Crippen LogP contribution in [0.15, 0.2) is 54.6 Å². The Morgan fingerprint density at radius 1 is 0.724 bits per heavy atom. The monoisotopic (exact) mass is 492 g/mol. The van der Waals surface area contributed by atoms with Crippen LogP contribution in [0.2, 0.25) is 20.1 Å². The van der Waals surface area contributed by atoms with E-state index < -0.39 is 26.4 Å². The number of phenolic OH excluding ortho intramolecular Hbond substituents is 2. The molecule has 0 spiro atoms. The zero-order valence-electron chi connectivity index (χ0n) is 14.3. The number of rotatable bonds is 4. The van der Waals surface area contributed by atoms with E-state index in [0.29, 0.717) is 0 Å². The van der Waals surface area contributed by atoms with Gasteiger partial charge in [0.15, 0.2) is 4.75 Å². The smallest absolute Gasteiger partial charge is 0.283 e. The van der Waals surface area contributed by atoms with E-state index in [1.807, 2.05) is 0 Å². The average molecular weight is 494 g/mol. The van der Waals surface area contributed by atoms with Crippen LogP contribution in [0.3, 0.4) is 0 Å². The van der Waals surface area contributed by atoms with Gasteiger partial charge in [0.2, 0.25) is 0 Å². The molecule has 0 saturated carbocycles. The van der Waals surface area contributed by atoms with Crippen molar-refractivity contribution in [2.24, 2.45) is 0 Å². The Bertz CT molecular complexity index is 1140. The van der Waals surface area contributed by atoms with Crippen molar-refractivity contribution in [2.45, 2.75) is 4.75 Å². The van der Waals surface area contributed by atoms with Crippen molar-refractivity contribution in [2.75, 3.05) is 0 Å². The lowest BCUT2D eigenvalue weighted by molar-refractivity contribution is 0.428. The summed E-state index contributed by atoms with van der Waals surface area (Å²) in [5.41, 5.74) is -0.806. The number of hydrogen-bond donors (Lipinski definition) is 3. The molecule has 0 radical (unpaired) electrons. The van der Waals surface area contributed by atoms with Gasteiger partial charge in [-0.05, 0) is 35.9 Å². The minimum absolute atomic E-state index is 0.0589. The van der Waals surface area contributed by atoms with Gasteiger partial charge in [-0.2, -0.15) is 8.42 Å². The molecule has 0 amide bonds. The van der Waals surface area contributed by atoms with Gasteiger partial charge in [-0.25, -0.2) is 0 Å². The van der Waals surface area contributed by atoms with Crippen LogP contribution >= 0.6 is 46.4 Å². The SMILES string of the molecule is O=S(=O)(O)C(c1cc(Cl)cc(Cl)c1)(c1cccc(Cl)c1O)c1cccc(Cl)c1O. The molecule has 0 unspecified atom stereocenters.